The van der Waals surface area contributed by atoms with Gasteiger partial charge in [0, 0.05) is 24.7 Å². The van der Waals surface area contributed by atoms with Gasteiger partial charge in [0.05, 0.1) is 18.8 Å². The van der Waals surface area contributed by atoms with Gasteiger partial charge in [-0.2, -0.15) is 0 Å². The summed E-state index contributed by atoms with van der Waals surface area (Å²) in [6.45, 7) is 3.91. The van der Waals surface area contributed by atoms with Crippen molar-refractivity contribution in [1.29, 1.82) is 0 Å². The topological polar surface area (TPSA) is 89.4 Å². The van der Waals surface area contributed by atoms with E-state index in [1.54, 1.807) is 9.58 Å². The quantitative estimate of drug-likeness (QED) is 0.665. The summed E-state index contributed by atoms with van der Waals surface area (Å²) in [6, 6.07) is 17.7. The minimum absolute atomic E-state index is 0.00452. The van der Waals surface area contributed by atoms with Gasteiger partial charge in [0.15, 0.2) is 5.69 Å². The molecule has 0 bridgehead atoms. The summed E-state index contributed by atoms with van der Waals surface area (Å²) in [4.78, 5) is 27.5. The van der Waals surface area contributed by atoms with E-state index in [9.17, 15) is 9.59 Å². The number of benzene rings is 2. The van der Waals surface area contributed by atoms with Gasteiger partial charge in [0.25, 0.3) is 5.91 Å². The number of anilines is 1. The van der Waals surface area contributed by atoms with Crippen LogP contribution in [0.4, 0.5) is 5.69 Å². The van der Waals surface area contributed by atoms with Crippen molar-refractivity contribution in [2.45, 2.75) is 39.0 Å². The second kappa shape index (κ2) is 9.15. The second-order valence-electron chi connectivity index (χ2n) is 8.70. The molecule has 1 atom stereocenters. The Hall–Kier alpha value is -3.52. The number of hydrogen-bond donors (Lipinski definition) is 1. The highest BCUT2D eigenvalue weighted by molar-refractivity contribution is 5.94. The van der Waals surface area contributed by atoms with Crippen molar-refractivity contribution < 1.29 is 14.3 Å². The van der Waals surface area contributed by atoms with Crippen molar-refractivity contribution >= 4 is 17.5 Å². The van der Waals surface area contributed by atoms with Crippen molar-refractivity contribution in [3.05, 3.63) is 77.1 Å². The number of fused-ring (bicyclic) bond motifs is 1. The van der Waals surface area contributed by atoms with Crippen LogP contribution >= 0.6 is 0 Å². The molecule has 0 aliphatic carbocycles. The number of nitrogens with zero attached hydrogens (tertiary/aromatic N) is 4. The first-order valence-corrected chi connectivity index (χ1v) is 11.3. The molecule has 3 heterocycles. The first kappa shape index (κ1) is 21.3. The number of nitrogens with one attached hydrogen (secondary N) is 1. The average molecular weight is 446 g/mol. The molecule has 1 fully saturated rings. The lowest BCUT2D eigenvalue weighted by atomic mass is 9.95. The maximum atomic E-state index is 13.1. The number of aromatic nitrogens is 3. The minimum Gasteiger partial charge on any atom is -0.365 e. The molecule has 170 valence electrons. The van der Waals surface area contributed by atoms with Crippen LogP contribution in [0.25, 0.3) is 0 Å². The van der Waals surface area contributed by atoms with Crippen LogP contribution in [0.1, 0.15) is 46.3 Å². The van der Waals surface area contributed by atoms with E-state index in [0.29, 0.717) is 50.5 Å². The van der Waals surface area contributed by atoms with Gasteiger partial charge in [0.2, 0.25) is 5.91 Å². The maximum absolute atomic E-state index is 13.1. The average Bonchev–Trinajstić information content (AvgIpc) is 3.28. The molecule has 2 aliphatic heterocycles. The summed E-state index contributed by atoms with van der Waals surface area (Å²) in [5, 5.41) is 11.4. The van der Waals surface area contributed by atoms with Crippen molar-refractivity contribution in [3.8, 4) is 0 Å². The lowest BCUT2D eigenvalue weighted by Gasteiger charge is -2.31. The van der Waals surface area contributed by atoms with E-state index in [0.717, 1.165) is 11.3 Å². The van der Waals surface area contributed by atoms with E-state index in [-0.39, 0.29) is 23.8 Å². The van der Waals surface area contributed by atoms with Crippen LogP contribution in [0, 0.1) is 12.8 Å². The molecule has 2 amide bonds. The predicted molar refractivity (Wildman–Crippen MR) is 122 cm³/mol. The molecule has 2 aliphatic rings. The maximum Gasteiger partial charge on any atom is 0.276 e. The van der Waals surface area contributed by atoms with Crippen molar-refractivity contribution in [3.63, 3.8) is 0 Å². The lowest BCUT2D eigenvalue weighted by Crippen LogP contribution is -2.42. The first-order chi connectivity index (χ1) is 16.1. The summed E-state index contributed by atoms with van der Waals surface area (Å²) >= 11 is 0. The molecular weight excluding hydrogens is 418 g/mol. The summed E-state index contributed by atoms with van der Waals surface area (Å²) in [7, 11) is 0. The van der Waals surface area contributed by atoms with Crippen LogP contribution < -0.4 is 5.32 Å². The SMILES string of the molecule is Cc1ccc([C@@H]2Cn3nnc(C(=O)N4CCC(C(=O)Nc5ccccc5)CC4)c3CO2)cc1. The molecule has 0 saturated carbocycles. The highest BCUT2D eigenvalue weighted by atomic mass is 16.5. The zero-order valence-electron chi connectivity index (χ0n) is 18.6. The zero-order chi connectivity index (χ0) is 22.8. The molecule has 0 unspecified atom stereocenters. The van der Waals surface area contributed by atoms with Crippen molar-refractivity contribution in [2.24, 2.45) is 5.92 Å². The normalized spacial score (nSPS) is 18.6. The van der Waals surface area contributed by atoms with Crippen molar-refractivity contribution in [1.82, 2.24) is 19.9 Å². The van der Waals surface area contributed by atoms with E-state index < -0.39 is 0 Å². The number of carbonyl (C=O) groups excluding carboxylic acids is 2. The van der Waals surface area contributed by atoms with Gasteiger partial charge >= 0.3 is 0 Å². The molecule has 33 heavy (non-hydrogen) atoms. The fourth-order valence-corrected chi connectivity index (χ4v) is 4.42. The number of para-hydroxylation sites is 1. The molecule has 0 radical (unpaired) electrons. The third-order valence-electron chi connectivity index (χ3n) is 6.44. The van der Waals surface area contributed by atoms with Crippen LogP contribution in [0.5, 0.6) is 0 Å². The monoisotopic (exact) mass is 445 g/mol. The Morgan fingerprint density at radius 1 is 1.03 bits per heavy atom. The van der Waals surface area contributed by atoms with E-state index in [1.165, 1.54) is 5.56 Å². The number of rotatable bonds is 4. The Bertz CT molecular complexity index is 1130. The lowest BCUT2D eigenvalue weighted by molar-refractivity contribution is -0.121. The van der Waals surface area contributed by atoms with Gasteiger partial charge < -0.3 is 15.0 Å². The predicted octanol–water partition coefficient (Wildman–Crippen LogP) is 3.35. The third kappa shape index (κ3) is 4.52. The van der Waals surface area contributed by atoms with Gasteiger partial charge in [-0.3, -0.25) is 9.59 Å². The molecule has 1 aromatic heterocycles. The van der Waals surface area contributed by atoms with Crippen molar-refractivity contribution in [2.75, 3.05) is 18.4 Å². The van der Waals surface area contributed by atoms with Gasteiger partial charge in [-0.25, -0.2) is 4.68 Å². The van der Waals surface area contributed by atoms with Gasteiger partial charge in [-0.15, -0.1) is 5.10 Å². The molecule has 3 aromatic rings. The van der Waals surface area contributed by atoms with E-state index in [1.807, 2.05) is 30.3 Å². The van der Waals surface area contributed by atoms with Gasteiger partial charge in [-0.05, 0) is 37.5 Å². The Labute approximate surface area is 192 Å². The fourth-order valence-electron chi connectivity index (χ4n) is 4.42. The first-order valence-electron chi connectivity index (χ1n) is 11.3. The standard InChI is InChI=1S/C25H27N5O3/c1-17-7-9-18(10-8-17)22-15-30-21(16-33-22)23(27-28-30)25(32)29-13-11-19(12-14-29)24(31)26-20-5-3-2-4-6-20/h2-10,19,22H,11-16H2,1H3,(H,26,31)/t22-/m0/s1. The smallest absolute Gasteiger partial charge is 0.276 e. The van der Waals surface area contributed by atoms with Gasteiger partial charge in [0.1, 0.15) is 6.10 Å². The van der Waals surface area contributed by atoms with E-state index in [4.69, 9.17) is 4.74 Å². The summed E-state index contributed by atoms with van der Waals surface area (Å²) < 4.78 is 7.83. The number of piperidine rings is 1. The largest absolute Gasteiger partial charge is 0.365 e. The molecule has 8 heteroatoms. The number of carbonyl (C=O) groups is 2. The second-order valence-corrected chi connectivity index (χ2v) is 8.70. The summed E-state index contributed by atoms with van der Waals surface area (Å²) in [6.07, 6.45) is 1.14. The molecule has 0 spiro atoms. The number of hydrogen-bond acceptors (Lipinski definition) is 5. The Morgan fingerprint density at radius 2 is 1.76 bits per heavy atom. The third-order valence-corrected chi connectivity index (χ3v) is 6.44. The van der Waals surface area contributed by atoms with Gasteiger partial charge in [-0.1, -0.05) is 53.2 Å². The van der Waals surface area contributed by atoms with E-state index >= 15 is 0 Å². The van der Waals surface area contributed by atoms with Crippen LogP contribution in [-0.4, -0.2) is 44.8 Å². The Balaban J connectivity index is 1.19. The fraction of sp³-hybridized carbons (Fsp3) is 0.360. The molecule has 1 N–H and O–H groups in total. The molecular formula is C25H27N5O3. The highest BCUT2D eigenvalue weighted by Crippen LogP contribution is 2.28. The van der Waals surface area contributed by atoms with Crippen LogP contribution in [0.3, 0.4) is 0 Å². The number of amides is 2. The Morgan fingerprint density at radius 3 is 2.48 bits per heavy atom. The summed E-state index contributed by atoms with van der Waals surface area (Å²) in [5.74, 6) is -0.248. The summed E-state index contributed by atoms with van der Waals surface area (Å²) in [5.41, 5.74) is 4.15. The molecule has 2 aromatic carbocycles. The highest BCUT2D eigenvalue weighted by Gasteiger charge is 2.33. The van der Waals surface area contributed by atoms with E-state index in [2.05, 4.69) is 46.8 Å². The molecule has 1 saturated heterocycles. The number of ether oxygens (including phenoxy) is 1. The molecule has 5 rings (SSSR count). The van der Waals surface area contributed by atoms with Crippen LogP contribution in [0.2, 0.25) is 0 Å². The zero-order valence-corrected chi connectivity index (χ0v) is 18.6. The Kier molecular flexibility index (Phi) is 5.92. The number of likely N-dealkylation sites (tertiary alicyclic amines) is 1. The van der Waals surface area contributed by atoms with Crippen LogP contribution in [0.15, 0.2) is 54.6 Å². The minimum atomic E-state index is -0.143. The number of aryl methyl sites for hydroxylation is 1. The van der Waals surface area contributed by atoms with Crippen LogP contribution in [-0.2, 0) is 22.7 Å². The molecule has 8 nitrogen and oxygen atoms in total.